The van der Waals surface area contributed by atoms with E-state index in [0.717, 1.165) is 56.7 Å². The Balaban J connectivity index is 1.50. The van der Waals surface area contributed by atoms with Crippen LogP contribution < -0.4 is 0 Å². The number of hydrogen-bond donors (Lipinski definition) is 1. The van der Waals surface area contributed by atoms with Crippen molar-refractivity contribution in [1.29, 1.82) is 0 Å². The summed E-state index contributed by atoms with van der Waals surface area (Å²) in [6, 6.07) is 4.23. The van der Waals surface area contributed by atoms with Crippen molar-refractivity contribution < 1.29 is 9.90 Å². The molecule has 1 aliphatic carbocycles. The van der Waals surface area contributed by atoms with Gasteiger partial charge in [0, 0.05) is 44.1 Å². The molecule has 1 amide bonds. The first kappa shape index (κ1) is 15.4. The fourth-order valence-corrected chi connectivity index (χ4v) is 3.54. The number of aryl methyl sites for hydroxylation is 1. The van der Waals surface area contributed by atoms with Gasteiger partial charge in [-0.3, -0.25) is 14.7 Å². The molecule has 1 aromatic rings. The van der Waals surface area contributed by atoms with E-state index in [-0.39, 0.29) is 12.0 Å². The molecule has 120 valence electrons. The van der Waals surface area contributed by atoms with E-state index < -0.39 is 0 Å². The Morgan fingerprint density at radius 3 is 2.64 bits per heavy atom. The van der Waals surface area contributed by atoms with Crippen LogP contribution in [-0.4, -0.2) is 64.1 Å². The summed E-state index contributed by atoms with van der Waals surface area (Å²) in [6.07, 6.45) is 5.16. The Kier molecular flexibility index (Phi) is 4.74. The lowest BCUT2D eigenvalue weighted by atomic mass is 10.1. The zero-order valence-electron chi connectivity index (χ0n) is 13.2. The van der Waals surface area contributed by atoms with Gasteiger partial charge >= 0.3 is 0 Å². The van der Waals surface area contributed by atoms with Crippen LogP contribution in [-0.2, 0) is 11.2 Å². The fraction of sp³-hybridized carbons (Fsp3) is 0.647. The number of piperazine rings is 1. The summed E-state index contributed by atoms with van der Waals surface area (Å²) in [4.78, 5) is 20.9. The quantitative estimate of drug-likeness (QED) is 0.905. The van der Waals surface area contributed by atoms with Crippen LogP contribution in [0.3, 0.4) is 0 Å². The predicted molar refractivity (Wildman–Crippen MR) is 84.5 cm³/mol. The summed E-state index contributed by atoms with van der Waals surface area (Å²) >= 11 is 0. The summed E-state index contributed by atoms with van der Waals surface area (Å²) in [6.45, 7) is 5.23. The number of amides is 1. The molecule has 2 aliphatic rings. The second-order valence-corrected chi connectivity index (χ2v) is 6.47. The van der Waals surface area contributed by atoms with Crippen molar-refractivity contribution in [2.45, 2.75) is 44.8 Å². The van der Waals surface area contributed by atoms with Crippen molar-refractivity contribution in [2.24, 2.45) is 0 Å². The topological polar surface area (TPSA) is 56.7 Å². The third kappa shape index (κ3) is 3.47. The molecular weight excluding hydrogens is 278 g/mol. The van der Waals surface area contributed by atoms with Crippen LogP contribution in [0.5, 0.6) is 0 Å². The zero-order valence-corrected chi connectivity index (χ0v) is 13.2. The number of carbonyl (C=O) groups is 1. The Hall–Kier alpha value is -1.46. The number of pyridine rings is 1. The van der Waals surface area contributed by atoms with E-state index in [0.29, 0.717) is 12.5 Å². The Bertz CT molecular complexity index is 509. The second-order valence-electron chi connectivity index (χ2n) is 6.47. The highest BCUT2D eigenvalue weighted by atomic mass is 16.3. The molecule has 1 saturated heterocycles. The average Bonchev–Trinajstić information content (AvgIpc) is 2.96. The molecule has 0 radical (unpaired) electrons. The SMILES string of the molecule is Cc1ccc(CC(=O)N2CCN([C@H]3CCC[C@@H]3O)CC2)cn1. The van der Waals surface area contributed by atoms with Crippen LogP contribution in [0.25, 0.3) is 0 Å². The first-order valence-corrected chi connectivity index (χ1v) is 8.25. The van der Waals surface area contributed by atoms with Crippen molar-refractivity contribution in [2.75, 3.05) is 26.2 Å². The molecule has 1 saturated carbocycles. The zero-order chi connectivity index (χ0) is 15.5. The molecule has 2 heterocycles. The normalized spacial score (nSPS) is 26.4. The van der Waals surface area contributed by atoms with Gasteiger partial charge in [0.05, 0.1) is 12.5 Å². The van der Waals surface area contributed by atoms with Gasteiger partial charge in [0.2, 0.25) is 5.91 Å². The number of hydrogen-bond acceptors (Lipinski definition) is 4. The minimum absolute atomic E-state index is 0.178. The van der Waals surface area contributed by atoms with Gasteiger partial charge in [-0.1, -0.05) is 6.07 Å². The van der Waals surface area contributed by atoms with Gasteiger partial charge in [0.1, 0.15) is 0 Å². The maximum absolute atomic E-state index is 12.4. The van der Waals surface area contributed by atoms with E-state index in [4.69, 9.17) is 0 Å². The molecule has 0 unspecified atom stereocenters. The van der Waals surface area contributed by atoms with Gasteiger partial charge in [-0.15, -0.1) is 0 Å². The smallest absolute Gasteiger partial charge is 0.227 e. The largest absolute Gasteiger partial charge is 0.391 e. The van der Waals surface area contributed by atoms with E-state index in [9.17, 15) is 9.90 Å². The number of aliphatic hydroxyl groups is 1. The number of aromatic nitrogens is 1. The number of carbonyl (C=O) groups excluding carboxylic acids is 1. The maximum Gasteiger partial charge on any atom is 0.227 e. The molecule has 0 spiro atoms. The highest BCUT2D eigenvalue weighted by Gasteiger charge is 2.33. The molecular formula is C17H25N3O2. The van der Waals surface area contributed by atoms with Crippen LogP contribution in [0.4, 0.5) is 0 Å². The van der Waals surface area contributed by atoms with Crippen LogP contribution >= 0.6 is 0 Å². The summed E-state index contributed by atoms with van der Waals surface area (Å²) in [5, 5.41) is 10.0. The molecule has 1 aliphatic heterocycles. The third-order valence-corrected chi connectivity index (χ3v) is 4.91. The molecule has 3 rings (SSSR count). The highest BCUT2D eigenvalue weighted by Crippen LogP contribution is 2.25. The first-order chi connectivity index (χ1) is 10.6. The molecule has 2 fully saturated rings. The standard InChI is InChI=1S/C17H25N3O2/c1-13-5-6-14(12-18-13)11-17(22)20-9-7-19(8-10-20)15-3-2-4-16(15)21/h5-6,12,15-16,21H,2-4,7-11H2,1H3/t15-,16-/m0/s1. The van der Waals surface area contributed by atoms with Crippen LogP contribution in [0.2, 0.25) is 0 Å². The van der Waals surface area contributed by atoms with E-state index in [1.165, 1.54) is 0 Å². The minimum Gasteiger partial charge on any atom is -0.391 e. The fourth-order valence-electron chi connectivity index (χ4n) is 3.54. The minimum atomic E-state index is -0.180. The van der Waals surface area contributed by atoms with Gasteiger partial charge in [0.15, 0.2) is 0 Å². The lowest BCUT2D eigenvalue weighted by molar-refractivity contribution is -0.132. The second kappa shape index (κ2) is 6.75. The highest BCUT2D eigenvalue weighted by molar-refractivity contribution is 5.78. The summed E-state index contributed by atoms with van der Waals surface area (Å²) in [5.41, 5.74) is 1.95. The van der Waals surface area contributed by atoms with Crippen molar-refractivity contribution in [3.05, 3.63) is 29.6 Å². The number of aliphatic hydroxyl groups excluding tert-OH is 1. The van der Waals surface area contributed by atoms with Crippen molar-refractivity contribution >= 4 is 5.91 Å². The van der Waals surface area contributed by atoms with E-state index in [1.54, 1.807) is 6.20 Å². The molecule has 1 N–H and O–H groups in total. The molecule has 5 nitrogen and oxygen atoms in total. The molecule has 5 heteroatoms. The molecule has 22 heavy (non-hydrogen) atoms. The summed E-state index contributed by atoms with van der Waals surface area (Å²) < 4.78 is 0. The molecule has 2 atom stereocenters. The van der Waals surface area contributed by atoms with Crippen molar-refractivity contribution in [3.63, 3.8) is 0 Å². The van der Waals surface area contributed by atoms with E-state index in [2.05, 4.69) is 9.88 Å². The van der Waals surface area contributed by atoms with Gasteiger partial charge < -0.3 is 10.0 Å². The first-order valence-electron chi connectivity index (χ1n) is 8.25. The van der Waals surface area contributed by atoms with Gasteiger partial charge in [0.25, 0.3) is 0 Å². The van der Waals surface area contributed by atoms with Crippen molar-refractivity contribution in [3.8, 4) is 0 Å². The van der Waals surface area contributed by atoms with Crippen LogP contribution in [0.1, 0.15) is 30.5 Å². The Morgan fingerprint density at radius 1 is 1.27 bits per heavy atom. The summed E-state index contributed by atoms with van der Waals surface area (Å²) in [7, 11) is 0. The summed E-state index contributed by atoms with van der Waals surface area (Å²) in [5.74, 6) is 0.178. The number of rotatable bonds is 3. The Labute approximate surface area is 131 Å². The third-order valence-electron chi connectivity index (χ3n) is 4.91. The Morgan fingerprint density at radius 2 is 2.05 bits per heavy atom. The predicted octanol–water partition coefficient (Wildman–Crippen LogP) is 0.990. The molecule has 0 aromatic carbocycles. The maximum atomic E-state index is 12.4. The van der Waals surface area contributed by atoms with Gasteiger partial charge in [-0.25, -0.2) is 0 Å². The average molecular weight is 303 g/mol. The lowest BCUT2D eigenvalue weighted by Gasteiger charge is -2.39. The van der Waals surface area contributed by atoms with Crippen LogP contribution in [0.15, 0.2) is 18.3 Å². The monoisotopic (exact) mass is 303 g/mol. The van der Waals surface area contributed by atoms with Gasteiger partial charge in [-0.2, -0.15) is 0 Å². The molecule has 1 aromatic heterocycles. The lowest BCUT2D eigenvalue weighted by Crippen LogP contribution is -2.53. The van der Waals surface area contributed by atoms with Crippen LogP contribution in [0, 0.1) is 6.92 Å². The number of nitrogens with zero attached hydrogens (tertiary/aromatic N) is 3. The van der Waals surface area contributed by atoms with Gasteiger partial charge in [-0.05, 0) is 37.8 Å². The van der Waals surface area contributed by atoms with E-state index in [1.807, 2.05) is 24.0 Å². The molecule has 0 bridgehead atoms. The van der Waals surface area contributed by atoms with E-state index >= 15 is 0 Å². The van der Waals surface area contributed by atoms with Crippen molar-refractivity contribution in [1.82, 2.24) is 14.8 Å².